The zero-order valence-corrected chi connectivity index (χ0v) is 19.9. The Bertz CT molecular complexity index is 1610. The lowest BCUT2D eigenvalue weighted by atomic mass is 10.1. The minimum atomic E-state index is 0.712. The molecule has 6 aromatic rings. The van der Waals surface area contributed by atoms with Crippen molar-refractivity contribution in [2.24, 2.45) is 7.05 Å². The SMILES string of the molecule is Cc1cc(-c2nnc(SCc3cn4ccccc4n3)n2C)c2c(C)nn(-c3ccccc3)c2n1. The van der Waals surface area contributed by atoms with Crippen LogP contribution in [-0.4, -0.2) is 38.9 Å². The van der Waals surface area contributed by atoms with E-state index in [1.54, 1.807) is 11.8 Å². The van der Waals surface area contributed by atoms with Gasteiger partial charge in [-0.1, -0.05) is 36.0 Å². The summed E-state index contributed by atoms with van der Waals surface area (Å²) in [5.41, 5.74) is 6.54. The normalized spacial score (nSPS) is 11.6. The van der Waals surface area contributed by atoms with E-state index in [2.05, 4.69) is 27.4 Å². The summed E-state index contributed by atoms with van der Waals surface area (Å²) in [6, 6.07) is 18.1. The molecule has 0 saturated carbocycles. The van der Waals surface area contributed by atoms with Crippen molar-refractivity contribution < 1.29 is 0 Å². The lowest BCUT2D eigenvalue weighted by Gasteiger charge is -2.07. The molecule has 0 saturated heterocycles. The van der Waals surface area contributed by atoms with Crippen LogP contribution in [0.25, 0.3) is 33.8 Å². The van der Waals surface area contributed by atoms with E-state index in [1.165, 1.54) is 0 Å². The molecule has 0 aliphatic rings. The Hall–Kier alpha value is -3.98. The number of aryl methyl sites for hydroxylation is 2. The van der Waals surface area contributed by atoms with E-state index in [4.69, 9.17) is 10.1 Å². The summed E-state index contributed by atoms with van der Waals surface area (Å²) < 4.78 is 5.96. The van der Waals surface area contributed by atoms with Crippen molar-refractivity contribution in [3.05, 3.63) is 84.1 Å². The number of nitrogens with zero attached hydrogens (tertiary/aromatic N) is 8. The Morgan fingerprint density at radius 1 is 0.941 bits per heavy atom. The first-order valence-electron chi connectivity index (χ1n) is 11.0. The summed E-state index contributed by atoms with van der Waals surface area (Å²) >= 11 is 1.62. The average Bonchev–Trinajstić information content (AvgIpc) is 3.52. The second kappa shape index (κ2) is 8.11. The van der Waals surface area contributed by atoms with Gasteiger partial charge in [0, 0.05) is 36.5 Å². The first kappa shape index (κ1) is 20.6. The third-order valence-corrected chi connectivity index (χ3v) is 6.83. The van der Waals surface area contributed by atoms with Crippen LogP contribution in [0.4, 0.5) is 0 Å². The average molecular weight is 467 g/mol. The Morgan fingerprint density at radius 2 is 1.76 bits per heavy atom. The molecule has 34 heavy (non-hydrogen) atoms. The molecule has 0 atom stereocenters. The van der Waals surface area contributed by atoms with Crippen LogP contribution in [-0.2, 0) is 12.8 Å². The van der Waals surface area contributed by atoms with Gasteiger partial charge in [-0.15, -0.1) is 10.2 Å². The number of thioether (sulfide) groups is 1. The molecule has 0 spiro atoms. The van der Waals surface area contributed by atoms with Crippen LogP contribution in [0.3, 0.4) is 0 Å². The third-order valence-electron chi connectivity index (χ3n) is 5.78. The first-order valence-corrected chi connectivity index (χ1v) is 11.9. The third kappa shape index (κ3) is 3.45. The van der Waals surface area contributed by atoms with Gasteiger partial charge < -0.3 is 8.97 Å². The van der Waals surface area contributed by atoms with Gasteiger partial charge in [0.1, 0.15) is 5.65 Å². The molecule has 168 valence electrons. The lowest BCUT2D eigenvalue weighted by molar-refractivity contribution is 0.793. The molecule has 0 N–H and O–H groups in total. The predicted molar refractivity (Wildman–Crippen MR) is 133 cm³/mol. The predicted octanol–water partition coefficient (Wildman–Crippen LogP) is 4.77. The second-order valence-electron chi connectivity index (χ2n) is 8.19. The van der Waals surface area contributed by atoms with E-state index in [9.17, 15) is 0 Å². The highest BCUT2D eigenvalue weighted by atomic mass is 32.2. The summed E-state index contributed by atoms with van der Waals surface area (Å²) in [4.78, 5) is 9.50. The van der Waals surface area contributed by atoms with Crippen molar-refractivity contribution in [2.75, 3.05) is 0 Å². The van der Waals surface area contributed by atoms with E-state index in [1.807, 2.05) is 89.3 Å². The highest BCUT2D eigenvalue weighted by Gasteiger charge is 2.20. The standard InChI is InChI=1S/C25H22N8S/c1-16-13-20(22-17(2)30-33(24(22)26-16)19-9-5-4-6-10-19)23-28-29-25(31(23)3)34-15-18-14-32-12-8-7-11-21(32)27-18/h4-14H,15H2,1-3H3. The fourth-order valence-electron chi connectivity index (χ4n) is 4.21. The highest BCUT2D eigenvalue weighted by molar-refractivity contribution is 7.98. The molecule has 1 aromatic carbocycles. The molecule has 0 bridgehead atoms. The maximum atomic E-state index is 4.82. The molecule has 0 fully saturated rings. The van der Waals surface area contributed by atoms with Crippen molar-refractivity contribution in [1.29, 1.82) is 0 Å². The van der Waals surface area contributed by atoms with E-state index in [0.29, 0.717) is 5.75 Å². The van der Waals surface area contributed by atoms with Crippen LogP contribution in [0.5, 0.6) is 0 Å². The highest BCUT2D eigenvalue weighted by Crippen LogP contribution is 2.33. The topological polar surface area (TPSA) is 78.7 Å². The van der Waals surface area contributed by atoms with Crippen LogP contribution in [0.1, 0.15) is 17.1 Å². The number of hydrogen-bond acceptors (Lipinski definition) is 6. The molecule has 0 radical (unpaired) electrons. The summed E-state index contributed by atoms with van der Waals surface area (Å²) in [6.45, 7) is 4.01. The second-order valence-corrected chi connectivity index (χ2v) is 9.14. The number of rotatable bonds is 5. The van der Waals surface area contributed by atoms with Gasteiger partial charge in [-0.25, -0.2) is 14.6 Å². The number of imidazole rings is 1. The van der Waals surface area contributed by atoms with Crippen LogP contribution in [0.15, 0.2) is 72.1 Å². The lowest BCUT2D eigenvalue weighted by Crippen LogP contribution is -2.00. The monoisotopic (exact) mass is 466 g/mol. The number of para-hydroxylation sites is 1. The Morgan fingerprint density at radius 3 is 2.59 bits per heavy atom. The van der Waals surface area contributed by atoms with Gasteiger partial charge in [0.25, 0.3) is 0 Å². The van der Waals surface area contributed by atoms with E-state index in [-0.39, 0.29) is 0 Å². The molecule has 8 nitrogen and oxygen atoms in total. The summed E-state index contributed by atoms with van der Waals surface area (Å²) in [6.07, 6.45) is 4.06. The van der Waals surface area contributed by atoms with Crippen molar-refractivity contribution >= 4 is 28.4 Å². The Balaban J connectivity index is 1.38. The fourth-order valence-corrected chi connectivity index (χ4v) is 5.00. The van der Waals surface area contributed by atoms with Crippen LogP contribution >= 0.6 is 11.8 Å². The van der Waals surface area contributed by atoms with Gasteiger partial charge in [-0.2, -0.15) is 5.10 Å². The van der Waals surface area contributed by atoms with Gasteiger partial charge in [-0.3, -0.25) is 0 Å². The maximum absolute atomic E-state index is 4.82. The smallest absolute Gasteiger partial charge is 0.191 e. The molecular weight excluding hydrogens is 444 g/mol. The zero-order chi connectivity index (χ0) is 23.2. The molecule has 5 heterocycles. The molecule has 6 rings (SSSR count). The summed E-state index contributed by atoms with van der Waals surface area (Å²) in [5, 5.41) is 15.7. The van der Waals surface area contributed by atoms with Crippen LogP contribution in [0.2, 0.25) is 0 Å². The number of pyridine rings is 2. The molecular formula is C25H22N8S. The number of aromatic nitrogens is 8. The molecule has 0 aliphatic carbocycles. The van der Waals surface area contributed by atoms with Gasteiger partial charge in [0.05, 0.1) is 22.5 Å². The van der Waals surface area contributed by atoms with E-state index < -0.39 is 0 Å². The molecule has 5 aromatic heterocycles. The Labute approximate surface area is 200 Å². The van der Waals surface area contributed by atoms with Crippen molar-refractivity contribution in [3.63, 3.8) is 0 Å². The summed E-state index contributed by atoms with van der Waals surface area (Å²) in [5.74, 6) is 1.51. The first-order chi connectivity index (χ1) is 16.6. The summed E-state index contributed by atoms with van der Waals surface area (Å²) in [7, 11) is 2.00. The fraction of sp³-hybridized carbons (Fsp3) is 0.160. The minimum absolute atomic E-state index is 0.712. The van der Waals surface area contributed by atoms with Crippen molar-refractivity contribution in [3.8, 4) is 17.1 Å². The Kier molecular flexibility index (Phi) is 4.91. The van der Waals surface area contributed by atoms with Gasteiger partial charge in [-0.05, 0) is 44.2 Å². The van der Waals surface area contributed by atoms with Gasteiger partial charge in [0.2, 0.25) is 0 Å². The molecule has 0 aliphatic heterocycles. The molecule has 0 unspecified atom stereocenters. The molecule has 0 amide bonds. The van der Waals surface area contributed by atoms with Gasteiger partial charge >= 0.3 is 0 Å². The quantitative estimate of drug-likeness (QED) is 0.341. The molecule has 9 heteroatoms. The zero-order valence-electron chi connectivity index (χ0n) is 19.0. The van der Waals surface area contributed by atoms with Crippen molar-refractivity contribution in [2.45, 2.75) is 24.8 Å². The maximum Gasteiger partial charge on any atom is 0.191 e. The minimum Gasteiger partial charge on any atom is -0.307 e. The van der Waals surface area contributed by atoms with E-state index >= 15 is 0 Å². The van der Waals surface area contributed by atoms with Crippen LogP contribution in [0, 0.1) is 13.8 Å². The van der Waals surface area contributed by atoms with Crippen LogP contribution < -0.4 is 0 Å². The van der Waals surface area contributed by atoms with Crippen molar-refractivity contribution in [1.82, 2.24) is 38.9 Å². The number of benzene rings is 1. The van der Waals surface area contributed by atoms with Gasteiger partial charge in [0.15, 0.2) is 16.6 Å². The van der Waals surface area contributed by atoms with E-state index in [0.717, 1.165) is 56.0 Å². The number of fused-ring (bicyclic) bond motifs is 2. The number of hydrogen-bond donors (Lipinski definition) is 0. The largest absolute Gasteiger partial charge is 0.307 e.